The Morgan fingerprint density at radius 1 is 1.05 bits per heavy atom. The highest BCUT2D eigenvalue weighted by molar-refractivity contribution is 5.89. The Labute approximate surface area is 131 Å². The molecule has 0 saturated carbocycles. The van der Waals surface area contributed by atoms with Gasteiger partial charge in [0.25, 0.3) is 0 Å². The molecule has 1 amide bonds. The van der Waals surface area contributed by atoms with Crippen molar-refractivity contribution in [2.45, 2.75) is 19.8 Å². The van der Waals surface area contributed by atoms with Gasteiger partial charge in [-0.1, -0.05) is 74.0 Å². The summed E-state index contributed by atoms with van der Waals surface area (Å²) >= 11 is 0. The van der Waals surface area contributed by atoms with Gasteiger partial charge in [-0.05, 0) is 23.6 Å². The van der Waals surface area contributed by atoms with E-state index in [4.69, 9.17) is 4.74 Å². The van der Waals surface area contributed by atoms with Gasteiger partial charge in [-0.2, -0.15) is 0 Å². The molecule has 2 aromatic rings. The number of benzene rings is 2. The van der Waals surface area contributed by atoms with Gasteiger partial charge in [0.2, 0.25) is 0 Å². The average Bonchev–Trinajstić information content (AvgIpc) is 2.55. The minimum absolute atomic E-state index is 0.408. The normalized spacial score (nSPS) is 10.6. The molecule has 0 unspecified atom stereocenters. The van der Waals surface area contributed by atoms with Crippen molar-refractivity contribution in [2.75, 3.05) is 11.9 Å². The quantitative estimate of drug-likeness (QED) is 0.587. The fraction of sp³-hybridized carbons (Fsp3) is 0.211. The van der Waals surface area contributed by atoms with E-state index in [9.17, 15) is 4.79 Å². The topological polar surface area (TPSA) is 38.3 Å². The van der Waals surface area contributed by atoms with Gasteiger partial charge in [-0.25, -0.2) is 4.79 Å². The second kappa shape index (κ2) is 8.67. The number of ether oxygens (including phenoxy) is 1. The molecule has 2 aromatic carbocycles. The summed E-state index contributed by atoms with van der Waals surface area (Å²) in [7, 11) is 0. The average molecular weight is 295 g/mol. The molecule has 2 rings (SSSR count). The highest BCUT2D eigenvalue weighted by Crippen LogP contribution is 2.18. The van der Waals surface area contributed by atoms with E-state index in [1.807, 2.05) is 66.7 Å². The molecule has 0 atom stereocenters. The third-order valence-corrected chi connectivity index (χ3v) is 3.18. The van der Waals surface area contributed by atoms with Crippen LogP contribution in [-0.2, 0) is 4.74 Å². The predicted molar refractivity (Wildman–Crippen MR) is 91.7 cm³/mol. The molecule has 3 nitrogen and oxygen atoms in total. The Hall–Kier alpha value is -2.55. The van der Waals surface area contributed by atoms with Crippen LogP contribution in [0.3, 0.4) is 0 Å². The van der Waals surface area contributed by atoms with Crippen LogP contribution in [0.4, 0.5) is 10.5 Å². The number of para-hydroxylation sites is 1. The Kier molecular flexibility index (Phi) is 6.24. The van der Waals surface area contributed by atoms with Crippen LogP contribution in [0.15, 0.2) is 54.6 Å². The lowest BCUT2D eigenvalue weighted by Crippen LogP contribution is -2.14. The SMILES string of the molecule is CCCCOC(=O)Nc1ccccc1/C=C/c1ccccc1. The van der Waals surface area contributed by atoms with E-state index in [-0.39, 0.29) is 0 Å². The van der Waals surface area contributed by atoms with Crippen LogP contribution in [-0.4, -0.2) is 12.7 Å². The molecule has 3 heteroatoms. The highest BCUT2D eigenvalue weighted by atomic mass is 16.5. The second-order valence-electron chi connectivity index (χ2n) is 4.95. The van der Waals surface area contributed by atoms with Gasteiger partial charge in [0.1, 0.15) is 0 Å². The van der Waals surface area contributed by atoms with E-state index in [1.54, 1.807) is 0 Å². The summed E-state index contributed by atoms with van der Waals surface area (Å²) in [5, 5.41) is 2.79. The molecule has 22 heavy (non-hydrogen) atoms. The standard InChI is InChI=1S/C19H21NO2/c1-2-3-15-22-19(21)20-18-12-8-7-11-17(18)14-13-16-9-5-4-6-10-16/h4-14H,2-3,15H2,1H3,(H,20,21)/b14-13+. The van der Waals surface area contributed by atoms with E-state index in [1.165, 1.54) is 0 Å². The number of unbranched alkanes of at least 4 members (excludes halogenated alkanes) is 1. The molecule has 0 aliphatic carbocycles. The number of nitrogens with one attached hydrogen (secondary N) is 1. The number of rotatable bonds is 6. The van der Waals surface area contributed by atoms with Gasteiger partial charge in [-0.15, -0.1) is 0 Å². The summed E-state index contributed by atoms with van der Waals surface area (Å²) in [6, 6.07) is 17.7. The van der Waals surface area contributed by atoms with Gasteiger partial charge in [-0.3, -0.25) is 5.32 Å². The summed E-state index contributed by atoms with van der Waals surface area (Å²) in [5.74, 6) is 0. The Morgan fingerprint density at radius 2 is 1.77 bits per heavy atom. The van der Waals surface area contributed by atoms with E-state index in [2.05, 4.69) is 12.2 Å². The summed E-state index contributed by atoms with van der Waals surface area (Å²) in [4.78, 5) is 11.8. The lowest BCUT2D eigenvalue weighted by Gasteiger charge is -2.09. The van der Waals surface area contributed by atoms with E-state index in [0.717, 1.165) is 29.7 Å². The lowest BCUT2D eigenvalue weighted by atomic mass is 10.1. The third kappa shape index (κ3) is 5.09. The zero-order chi connectivity index (χ0) is 15.6. The zero-order valence-electron chi connectivity index (χ0n) is 12.8. The van der Waals surface area contributed by atoms with Crippen molar-refractivity contribution >= 4 is 23.9 Å². The molecule has 0 fully saturated rings. The first-order valence-electron chi connectivity index (χ1n) is 7.55. The van der Waals surface area contributed by atoms with E-state index >= 15 is 0 Å². The number of carbonyl (C=O) groups is 1. The Bertz CT molecular complexity index is 620. The monoisotopic (exact) mass is 295 g/mol. The summed E-state index contributed by atoms with van der Waals surface area (Å²) < 4.78 is 5.13. The molecular weight excluding hydrogens is 274 g/mol. The number of anilines is 1. The third-order valence-electron chi connectivity index (χ3n) is 3.18. The van der Waals surface area contributed by atoms with Crippen LogP contribution in [0, 0.1) is 0 Å². The first-order valence-corrected chi connectivity index (χ1v) is 7.55. The predicted octanol–water partition coefficient (Wildman–Crippen LogP) is 5.21. The fourth-order valence-corrected chi connectivity index (χ4v) is 1.96. The molecule has 1 N–H and O–H groups in total. The molecule has 0 aliphatic rings. The maximum absolute atomic E-state index is 11.8. The lowest BCUT2D eigenvalue weighted by molar-refractivity contribution is 0.160. The molecule has 0 aromatic heterocycles. The van der Waals surface area contributed by atoms with Crippen molar-refractivity contribution in [3.8, 4) is 0 Å². The summed E-state index contributed by atoms with van der Waals surface area (Å²) in [5.41, 5.74) is 2.80. The Morgan fingerprint density at radius 3 is 2.55 bits per heavy atom. The number of amides is 1. The summed E-state index contributed by atoms with van der Waals surface area (Å²) in [6.07, 6.45) is 5.47. The van der Waals surface area contributed by atoms with Gasteiger partial charge >= 0.3 is 6.09 Å². The molecular formula is C19H21NO2. The van der Waals surface area contributed by atoms with Crippen LogP contribution < -0.4 is 5.32 Å². The second-order valence-corrected chi connectivity index (χ2v) is 4.95. The largest absolute Gasteiger partial charge is 0.449 e. The fourth-order valence-electron chi connectivity index (χ4n) is 1.96. The van der Waals surface area contributed by atoms with Crippen molar-refractivity contribution in [3.63, 3.8) is 0 Å². The van der Waals surface area contributed by atoms with Crippen LogP contribution in [0.1, 0.15) is 30.9 Å². The number of hydrogen-bond acceptors (Lipinski definition) is 2. The van der Waals surface area contributed by atoms with Crippen molar-refractivity contribution in [3.05, 3.63) is 65.7 Å². The minimum atomic E-state index is -0.408. The van der Waals surface area contributed by atoms with Gasteiger partial charge in [0.05, 0.1) is 12.3 Å². The van der Waals surface area contributed by atoms with Gasteiger partial charge in [0, 0.05) is 0 Å². The first-order chi connectivity index (χ1) is 10.8. The maximum Gasteiger partial charge on any atom is 0.411 e. The van der Waals surface area contributed by atoms with Crippen LogP contribution >= 0.6 is 0 Å². The highest BCUT2D eigenvalue weighted by Gasteiger charge is 2.05. The molecule has 114 valence electrons. The van der Waals surface area contributed by atoms with Crippen molar-refractivity contribution < 1.29 is 9.53 Å². The molecule has 0 bridgehead atoms. The van der Waals surface area contributed by atoms with E-state index < -0.39 is 6.09 Å². The van der Waals surface area contributed by atoms with Crippen molar-refractivity contribution in [2.24, 2.45) is 0 Å². The van der Waals surface area contributed by atoms with Crippen LogP contribution in [0.2, 0.25) is 0 Å². The molecule has 0 heterocycles. The molecule has 0 spiro atoms. The zero-order valence-corrected chi connectivity index (χ0v) is 12.8. The molecule has 0 radical (unpaired) electrons. The number of hydrogen-bond donors (Lipinski definition) is 1. The number of carbonyl (C=O) groups excluding carboxylic acids is 1. The van der Waals surface area contributed by atoms with Crippen molar-refractivity contribution in [1.82, 2.24) is 0 Å². The van der Waals surface area contributed by atoms with Gasteiger partial charge < -0.3 is 4.74 Å². The molecule has 0 aliphatic heterocycles. The van der Waals surface area contributed by atoms with Crippen LogP contribution in [0.5, 0.6) is 0 Å². The van der Waals surface area contributed by atoms with Gasteiger partial charge in [0.15, 0.2) is 0 Å². The van der Waals surface area contributed by atoms with Crippen LogP contribution in [0.25, 0.3) is 12.2 Å². The summed E-state index contributed by atoms with van der Waals surface area (Å²) in [6.45, 7) is 2.51. The minimum Gasteiger partial charge on any atom is -0.449 e. The Balaban J connectivity index is 2.03. The maximum atomic E-state index is 11.8. The van der Waals surface area contributed by atoms with Crippen molar-refractivity contribution in [1.29, 1.82) is 0 Å². The van der Waals surface area contributed by atoms with E-state index in [0.29, 0.717) is 6.61 Å². The first kappa shape index (κ1) is 15.8. The smallest absolute Gasteiger partial charge is 0.411 e. The molecule has 0 saturated heterocycles.